The standard InChI is InChI=1S/C19H17ClIN3O2S/c1-11-3-6-14(9-15(11)20)22-17(25)10-16-18(26)24(2)19(27-16)23-13-7-4-12(21)5-8-13/h3-9,16H,10H2,1-2H3,(H,22,25)/t16-/m0/s1. The molecule has 1 saturated heterocycles. The van der Waals surface area contributed by atoms with Crippen molar-refractivity contribution in [3.05, 3.63) is 56.6 Å². The summed E-state index contributed by atoms with van der Waals surface area (Å²) < 4.78 is 1.12. The maximum atomic E-state index is 12.5. The van der Waals surface area contributed by atoms with E-state index in [2.05, 4.69) is 32.9 Å². The predicted octanol–water partition coefficient (Wildman–Crippen LogP) is 4.84. The summed E-state index contributed by atoms with van der Waals surface area (Å²) in [4.78, 5) is 30.8. The minimum absolute atomic E-state index is 0.0744. The number of rotatable bonds is 4. The third kappa shape index (κ3) is 5.03. The van der Waals surface area contributed by atoms with E-state index in [9.17, 15) is 9.59 Å². The highest BCUT2D eigenvalue weighted by Crippen LogP contribution is 2.31. The Kier molecular flexibility index (Phi) is 6.44. The summed E-state index contributed by atoms with van der Waals surface area (Å²) in [6, 6.07) is 13.0. The first-order valence-corrected chi connectivity index (χ1v) is 10.5. The number of hydrogen-bond donors (Lipinski definition) is 1. The quantitative estimate of drug-likeness (QED) is 0.595. The number of nitrogens with zero attached hydrogens (tertiary/aromatic N) is 2. The summed E-state index contributed by atoms with van der Waals surface area (Å²) in [7, 11) is 1.68. The van der Waals surface area contributed by atoms with E-state index in [4.69, 9.17) is 11.6 Å². The Morgan fingerprint density at radius 2 is 2.00 bits per heavy atom. The van der Waals surface area contributed by atoms with Crippen molar-refractivity contribution < 1.29 is 9.59 Å². The molecule has 1 N–H and O–H groups in total. The lowest BCUT2D eigenvalue weighted by molar-refractivity contribution is -0.127. The zero-order valence-corrected chi connectivity index (χ0v) is 18.4. The number of benzene rings is 2. The Morgan fingerprint density at radius 3 is 2.67 bits per heavy atom. The van der Waals surface area contributed by atoms with Gasteiger partial charge in [0.25, 0.3) is 0 Å². The lowest BCUT2D eigenvalue weighted by atomic mass is 10.2. The molecule has 5 nitrogen and oxygen atoms in total. The van der Waals surface area contributed by atoms with Gasteiger partial charge in [-0.05, 0) is 71.5 Å². The molecule has 0 bridgehead atoms. The Balaban J connectivity index is 1.66. The smallest absolute Gasteiger partial charge is 0.242 e. The molecule has 8 heteroatoms. The molecule has 0 radical (unpaired) electrons. The molecule has 2 aromatic rings. The summed E-state index contributed by atoms with van der Waals surface area (Å²) >= 11 is 9.62. The topological polar surface area (TPSA) is 61.8 Å². The molecule has 1 aliphatic rings. The summed E-state index contributed by atoms with van der Waals surface area (Å²) in [5.41, 5.74) is 2.33. The highest BCUT2D eigenvalue weighted by Gasteiger charge is 2.37. The highest BCUT2D eigenvalue weighted by molar-refractivity contribution is 14.1. The first-order chi connectivity index (χ1) is 12.8. The first-order valence-electron chi connectivity index (χ1n) is 8.18. The van der Waals surface area contributed by atoms with Crippen molar-refractivity contribution in [1.29, 1.82) is 0 Å². The van der Waals surface area contributed by atoms with Crippen LogP contribution >= 0.6 is 46.0 Å². The van der Waals surface area contributed by atoms with Crippen LogP contribution in [-0.2, 0) is 9.59 Å². The molecule has 0 spiro atoms. The molecule has 0 aromatic heterocycles. The SMILES string of the molecule is Cc1ccc(NC(=O)C[C@@H]2SC(=Nc3ccc(I)cc3)N(C)C2=O)cc1Cl. The zero-order chi connectivity index (χ0) is 19.6. The molecule has 1 aliphatic heterocycles. The van der Waals surface area contributed by atoms with Crippen molar-refractivity contribution in [3.8, 4) is 0 Å². The van der Waals surface area contributed by atoms with Crippen LogP contribution in [-0.4, -0.2) is 34.2 Å². The van der Waals surface area contributed by atoms with Gasteiger partial charge in [-0.2, -0.15) is 0 Å². The van der Waals surface area contributed by atoms with E-state index in [-0.39, 0.29) is 18.2 Å². The monoisotopic (exact) mass is 513 g/mol. The Hall–Kier alpha value is -1.58. The van der Waals surface area contributed by atoms with Crippen LogP contribution in [0.1, 0.15) is 12.0 Å². The third-order valence-electron chi connectivity index (χ3n) is 4.02. The fraction of sp³-hybridized carbons (Fsp3) is 0.211. The van der Waals surface area contributed by atoms with Gasteiger partial charge in [0.1, 0.15) is 5.25 Å². The highest BCUT2D eigenvalue weighted by atomic mass is 127. The van der Waals surface area contributed by atoms with Gasteiger partial charge in [0, 0.05) is 27.7 Å². The van der Waals surface area contributed by atoms with Gasteiger partial charge in [-0.15, -0.1) is 0 Å². The predicted molar refractivity (Wildman–Crippen MR) is 120 cm³/mol. The molecule has 2 aromatic carbocycles. The number of halogens is 2. The van der Waals surface area contributed by atoms with Crippen LogP contribution in [0.15, 0.2) is 47.5 Å². The van der Waals surface area contributed by atoms with Crippen LogP contribution in [0.25, 0.3) is 0 Å². The van der Waals surface area contributed by atoms with Gasteiger partial charge in [0.05, 0.1) is 5.69 Å². The Bertz CT molecular complexity index is 918. The molecule has 140 valence electrons. The number of carbonyl (C=O) groups is 2. The van der Waals surface area contributed by atoms with Gasteiger partial charge in [-0.3, -0.25) is 14.5 Å². The number of nitrogens with one attached hydrogen (secondary N) is 1. The van der Waals surface area contributed by atoms with Gasteiger partial charge in [0.2, 0.25) is 11.8 Å². The van der Waals surface area contributed by atoms with E-state index >= 15 is 0 Å². The largest absolute Gasteiger partial charge is 0.326 e. The second kappa shape index (κ2) is 8.62. The summed E-state index contributed by atoms with van der Waals surface area (Å²) in [5, 5.41) is 3.49. The average molecular weight is 514 g/mol. The van der Waals surface area contributed by atoms with Gasteiger partial charge in [-0.25, -0.2) is 4.99 Å². The molecule has 3 rings (SSSR count). The summed E-state index contributed by atoms with van der Waals surface area (Å²) in [6.07, 6.45) is 0.0744. The Morgan fingerprint density at radius 1 is 1.30 bits per heavy atom. The van der Waals surface area contributed by atoms with Crippen LogP contribution in [0.3, 0.4) is 0 Å². The van der Waals surface area contributed by atoms with Crippen LogP contribution in [0.4, 0.5) is 11.4 Å². The number of thioether (sulfide) groups is 1. The van der Waals surface area contributed by atoms with Crippen LogP contribution < -0.4 is 5.32 Å². The lowest BCUT2D eigenvalue weighted by Crippen LogP contribution is -2.30. The van der Waals surface area contributed by atoms with Crippen molar-refractivity contribution in [2.75, 3.05) is 12.4 Å². The number of anilines is 1. The number of amides is 2. The van der Waals surface area contributed by atoms with Crippen LogP contribution in [0.5, 0.6) is 0 Å². The summed E-state index contributed by atoms with van der Waals surface area (Å²) in [6.45, 7) is 1.89. The number of carbonyl (C=O) groups excluding carboxylic acids is 2. The molecule has 1 heterocycles. The molecular formula is C19H17ClIN3O2S. The van der Waals surface area contributed by atoms with Gasteiger partial charge in [0.15, 0.2) is 5.17 Å². The van der Waals surface area contributed by atoms with Crippen molar-refractivity contribution in [3.63, 3.8) is 0 Å². The van der Waals surface area contributed by atoms with Gasteiger partial charge >= 0.3 is 0 Å². The number of amidine groups is 1. The maximum absolute atomic E-state index is 12.5. The van der Waals surface area contributed by atoms with Crippen molar-refractivity contribution in [2.24, 2.45) is 4.99 Å². The molecule has 27 heavy (non-hydrogen) atoms. The molecule has 2 amide bonds. The normalized spacial score (nSPS) is 18.2. The second-order valence-corrected chi connectivity index (χ2v) is 8.91. The fourth-order valence-electron chi connectivity index (χ4n) is 2.47. The van der Waals surface area contributed by atoms with E-state index in [1.54, 1.807) is 19.2 Å². The zero-order valence-electron chi connectivity index (χ0n) is 14.7. The molecule has 0 aliphatic carbocycles. The minimum atomic E-state index is -0.487. The molecule has 1 fully saturated rings. The molecular weight excluding hydrogens is 497 g/mol. The van der Waals surface area contributed by atoms with E-state index in [0.29, 0.717) is 15.9 Å². The number of aliphatic imine (C=N–C) groups is 1. The van der Waals surface area contributed by atoms with Crippen molar-refractivity contribution in [1.82, 2.24) is 4.90 Å². The van der Waals surface area contributed by atoms with E-state index < -0.39 is 5.25 Å². The second-order valence-electron chi connectivity index (χ2n) is 6.09. The summed E-state index contributed by atoms with van der Waals surface area (Å²) in [5.74, 6) is -0.356. The van der Waals surface area contributed by atoms with E-state index in [0.717, 1.165) is 14.8 Å². The Labute approximate surface area is 180 Å². The third-order valence-corrected chi connectivity index (χ3v) is 6.37. The van der Waals surface area contributed by atoms with Crippen LogP contribution in [0, 0.1) is 10.5 Å². The molecule has 0 unspecified atom stereocenters. The minimum Gasteiger partial charge on any atom is -0.326 e. The van der Waals surface area contributed by atoms with Gasteiger partial charge < -0.3 is 5.32 Å². The number of hydrogen-bond acceptors (Lipinski definition) is 4. The fourth-order valence-corrected chi connectivity index (χ4v) is 4.17. The van der Waals surface area contributed by atoms with E-state index in [1.165, 1.54) is 16.7 Å². The maximum Gasteiger partial charge on any atom is 0.242 e. The van der Waals surface area contributed by atoms with Crippen LogP contribution in [0.2, 0.25) is 5.02 Å². The molecule has 1 atom stereocenters. The first kappa shape index (κ1) is 20.2. The van der Waals surface area contributed by atoms with Gasteiger partial charge in [-0.1, -0.05) is 29.4 Å². The van der Waals surface area contributed by atoms with E-state index in [1.807, 2.05) is 37.3 Å². The van der Waals surface area contributed by atoms with Crippen molar-refractivity contribution >= 4 is 74.3 Å². The average Bonchev–Trinajstić information content (AvgIpc) is 2.88. The molecule has 0 saturated carbocycles. The lowest BCUT2D eigenvalue weighted by Gasteiger charge is -2.10. The number of aryl methyl sites for hydroxylation is 1. The van der Waals surface area contributed by atoms with Crippen molar-refractivity contribution in [2.45, 2.75) is 18.6 Å².